The van der Waals surface area contributed by atoms with E-state index in [1.165, 1.54) is 11.8 Å². The van der Waals surface area contributed by atoms with E-state index in [9.17, 15) is 9.59 Å². The minimum Gasteiger partial charge on any atom is -0.403 e. The Bertz CT molecular complexity index is 1210. The maximum absolute atomic E-state index is 12.6. The molecule has 1 aromatic carbocycles. The Morgan fingerprint density at radius 1 is 1.17 bits per heavy atom. The molecule has 1 aliphatic carbocycles. The SMILES string of the molecule is CN=C/C(=C\N)Nc1ncc(CN(C)Cc2ccccc2)c(N(C=O)C2CCCC(NC(=O)/C=C/CN(C)C)C2)n1. The number of likely N-dealkylation sites (N-methyl/N-ethyl adjacent to an activating group) is 1. The molecular formula is C30H43N9O2. The van der Waals surface area contributed by atoms with Crippen LogP contribution in [0.1, 0.15) is 36.8 Å². The standard InChI is InChI=1S/C30H43N9O2/c1-32-19-26(17-31)35-30-33-18-24(21-38(4)20-23-10-6-5-7-11-23)29(36-30)39(22-40)27-13-8-12-25(16-27)34-28(41)14-9-15-37(2)3/h5-7,9-11,14,17-19,22,25,27H,8,12-13,15-16,20-21,31H2,1-4H3,(H,34,41)(H,33,35,36)/b14-9+,26-17+,32-19?. The highest BCUT2D eigenvalue weighted by molar-refractivity contribution is 5.87. The largest absolute Gasteiger partial charge is 0.403 e. The van der Waals surface area contributed by atoms with Crippen molar-refractivity contribution in [3.63, 3.8) is 0 Å². The van der Waals surface area contributed by atoms with Gasteiger partial charge in [0.15, 0.2) is 0 Å². The Balaban J connectivity index is 1.84. The second kappa shape index (κ2) is 16.2. The molecule has 0 bridgehead atoms. The molecular weight excluding hydrogens is 518 g/mol. The van der Waals surface area contributed by atoms with Gasteiger partial charge in [0.1, 0.15) is 5.82 Å². The number of nitrogens with zero attached hydrogens (tertiary/aromatic N) is 6. The van der Waals surface area contributed by atoms with Crippen LogP contribution in [-0.4, -0.2) is 85.1 Å². The van der Waals surface area contributed by atoms with E-state index >= 15 is 0 Å². The number of carbonyl (C=O) groups is 2. The second-order valence-corrected chi connectivity index (χ2v) is 10.5. The molecule has 0 saturated heterocycles. The van der Waals surface area contributed by atoms with E-state index < -0.39 is 0 Å². The number of anilines is 2. The molecule has 2 amide bonds. The van der Waals surface area contributed by atoms with Crippen molar-refractivity contribution < 1.29 is 9.59 Å². The lowest BCUT2D eigenvalue weighted by atomic mass is 9.90. The number of hydrogen-bond acceptors (Lipinski definition) is 9. The van der Waals surface area contributed by atoms with Crippen LogP contribution in [0.3, 0.4) is 0 Å². The third-order valence-corrected chi connectivity index (χ3v) is 6.77. The molecule has 4 N–H and O–H groups in total. The first-order valence-corrected chi connectivity index (χ1v) is 13.9. The topological polar surface area (TPSA) is 132 Å². The van der Waals surface area contributed by atoms with Gasteiger partial charge in [0, 0.05) is 69.0 Å². The summed E-state index contributed by atoms with van der Waals surface area (Å²) in [4.78, 5) is 44.3. The van der Waals surface area contributed by atoms with Crippen molar-refractivity contribution in [2.24, 2.45) is 10.7 Å². The van der Waals surface area contributed by atoms with Crippen molar-refractivity contribution in [3.8, 4) is 0 Å². The van der Waals surface area contributed by atoms with Crippen molar-refractivity contribution in [2.45, 2.75) is 50.9 Å². The van der Waals surface area contributed by atoms with Crippen LogP contribution in [0.4, 0.5) is 11.8 Å². The summed E-state index contributed by atoms with van der Waals surface area (Å²) in [7, 11) is 7.58. The van der Waals surface area contributed by atoms with Crippen LogP contribution in [0.25, 0.3) is 0 Å². The molecule has 2 aromatic rings. The lowest BCUT2D eigenvalue weighted by Gasteiger charge is -2.36. The first-order valence-electron chi connectivity index (χ1n) is 13.9. The molecule has 0 radical (unpaired) electrons. The molecule has 1 fully saturated rings. The zero-order valence-corrected chi connectivity index (χ0v) is 24.5. The van der Waals surface area contributed by atoms with E-state index in [-0.39, 0.29) is 18.0 Å². The first kappa shape index (κ1) is 31.4. The van der Waals surface area contributed by atoms with Crippen LogP contribution in [0, 0.1) is 0 Å². The van der Waals surface area contributed by atoms with Gasteiger partial charge < -0.3 is 21.3 Å². The van der Waals surface area contributed by atoms with E-state index in [1.54, 1.807) is 30.4 Å². The summed E-state index contributed by atoms with van der Waals surface area (Å²) in [6, 6.07) is 10.0. The highest BCUT2D eigenvalue weighted by Gasteiger charge is 2.30. The fourth-order valence-corrected chi connectivity index (χ4v) is 4.90. The summed E-state index contributed by atoms with van der Waals surface area (Å²) < 4.78 is 0. The van der Waals surface area contributed by atoms with E-state index in [0.29, 0.717) is 37.0 Å². The molecule has 2 unspecified atom stereocenters. The van der Waals surface area contributed by atoms with Crippen LogP contribution in [0.5, 0.6) is 0 Å². The van der Waals surface area contributed by atoms with Crippen LogP contribution in [0.2, 0.25) is 0 Å². The van der Waals surface area contributed by atoms with Gasteiger partial charge in [-0.25, -0.2) is 4.98 Å². The zero-order chi connectivity index (χ0) is 29.6. The number of nitrogens with one attached hydrogen (secondary N) is 2. The Labute approximate surface area is 243 Å². The zero-order valence-electron chi connectivity index (χ0n) is 24.5. The number of aliphatic imine (C=N–C) groups is 1. The van der Waals surface area contributed by atoms with Crippen molar-refractivity contribution in [1.82, 2.24) is 25.1 Å². The molecule has 11 heteroatoms. The number of amides is 2. The molecule has 0 aliphatic heterocycles. The third-order valence-electron chi connectivity index (χ3n) is 6.77. The van der Waals surface area contributed by atoms with Crippen LogP contribution in [0.15, 0.2) is 65.6 Å². The smallest absolute Gasteiger partial charge is 0.243 e. The molecule has 11 nitrogen and oxygen atoms in total. The molecule has 220 valence electrons. The average Bonchev–Trinajstić information content (AvgIpc) is 2.95. The number of carbonyl (C=O) groups excluding carboxylic acids is 2. The van der Waals surface area contributed by atoms with E-state index in [4.69, 9.17) is 10.7 Å². The number of rotatable bonds is 14. The molecule has 1 aromatic heterocycles. The Morgan fingerprint density at radius 3 is 2.63 bits per heavy atom. The molecule has 41 heavy (non-hydrogen) atoms. The molecule has 3 rings (SSSR count). The molecule has 0 spiro atoms. The Morgan fingerprint density at radius 2 is 1.95 bits per heavy atom. The van der Waals surface area contributed by atoms with E-state index in [2.05, 4.69) is 37.6 Å². The maximum Gasteiger partial charge on any atom is 0.243 e. The van der Waals surface area contributed by atoms with Gasteiger partial charge in [0.2, 0.25) is 18.3 Å². The number of allylic oxidation sites excluding steroid dienone is 1. The van der Waals surface area contributed by atoms with Crippen molar-refractivity contribution in [1.29, 1.82) is 0 Å². The summed E-state index contributed by atoms with van der Waals surface area (Å²) in [5, 5.41) is 6.19. The summed E-state index contributed by atoms with van der Waals surface area (Å²) in [5.74, 6) is 0.722. The van der Waals surface area contributed by atoms with Gasteiger partial charge in [0.05, 0.1) is 5.70 Å². The maximum atomic E-state index is 12.6. The lowest BCUT2D eigenvalue weighted by Crippen LogP contribution is -2.46. The summed E-state index contributed by atoms with van der Waals surface area (Å²) in [6.07, 6.45) is 12.1. The number of hydrogen-bond donors (Lipinski definition) is 3. The van der Waals surface area contributed by atoms with Crippen LogP contribution < -0.4 is 21.3 Å². The molecule has 1 heterocycles. The van der Waals surface area contributed by atoms with Crippen LogP contribution >= 0.6 is 0 Å². The van der Waals surface area contributed by atoms with Gasteiger partial charge in [-0.3, -0.25) is 24.4 Å². The third kappa shape index (κ3) is 10.1. The van der Waals surface area contributed by atoms with Crippen LogP contribution in [-0.2, 0) is 22.7 Å². The van der Waals surface area contributed by atoms with E-state index in [0.717, 1.165) is 37.8 Å². The highest BCUT2D eigenvalue weighted by Crippen LogP contribution is 2.29. The van der Waals surface area contributed by atoms with Crippen molar-refractivity contribution in [3.05, 3.63) is 71.7 Å². The van der Waals surface area contributed by atoms with Gasteiger partial charge >= 0.3 is 0 Å². The van der Waals surface area contributed by atoms with Crippen molar-refractivity contribution >= 4 is 30.3 Å². The number of benzene rings is 1. The Hall–Kier alpha value is -4.09. The number of nitrogens with two attached hydrogens (primary N) is 1. The monoisotopic (exact) mass is 561 g/mol. The van der Waals surface area contributed by atoms with Gasteiger partial charge in [-0.05, 0) is 52.4 Å². The predicted molar refractivity (Wildman–Crippen MR) is 164 cm³/mol. The fraction of sp³-hybridized carbons (Fsp3) is 0.433. The van der Waals surface area contributed by atoms with E-state index in [1.807, 2.05) is 50.3 Å². The summed E-state index contributed by atoms with van der Waals surface area (Å²) in [5.41, 5.74) is 8.27. The lowest BCUT2D eigenvalue weighted by molar-refractivity contribution is -0.117. The predicted octanol–water partition coefficient (Wildman–Crippen LogP) is 2.53. The van der Waals surface area contributed by atoms with Gasteiger partial charge in [-0.1, -0.05) is 36.4 Å². The highest BCUT2D eigenvalue weighted by atomic mass is 16.1. The minimum atomic E-state index is -0.125. The fourth-order valence-electron chi connectivity index (χ4n) is 4.90. The second-order valence-electron chi connectivity index (χ2n) is 10.5. The average molecular weight is 562 g/mol. The summed E-state index contributed by atoms with van der Waals surface area (Å²) in [6.45, 7) is 1.96. The number of aromatic nitrogens is 2. The quantitative estimate of drug-likeness (QED) is 0.182. The molecule has 1 saturated carbocycles. The molecule has 2 atom stereocenters. The van der Waals surface area contributed by atoms with Gasteiger partial charge in [-0.15, -0.1) is 0 Å². The Kier molecular flexibility index (Phi) is 12.5. The van der Waals surface area contributed by atoms with Crippen molar-refractivity contribution in [2.75, 3.05) is 45.0 Å². The minimum absolute atomic E-state index is 0.0381. The summed E-state index contributed by atoms with van der Waals surface area (Å²) >= 11 is 0. The normalized spacial score (nSPS) is 17.9. The first-order chi connectivity index (χ1) is 19.8. The molecule has 1 aliphatic rings. The van der Waals surface area contributed by atoms with Gasteiger partial charge in [0.25, 0.3) is 0 Å². The van der Waals surface area contributed by atoms with Gasteiger partial charge in [-0.2, -0.15) is 4.98 Å².